The van der Waals surface area contributed by atoms with E-state index in [1.165, 1.54) is 11.1 Å². The average Bonchev–Trinajstić information content (AvgIpc) is 2.41. The van der Waals surface area contributed by atoms with Gasteiger partial charge in [0.2, 0.25) is 0 Å². The van der Waals surface area contributed by atoms with Crippen molar-refractivity contribution < 1.29 is 0 Å². The number of hydrogen-bond acceptors (Lipinski definition) is 3. The Labute approximate surface area is 122 Å². The third kappa shape index (κ3) is 3.39. The fourth-order valence-electron chi connectivity index (χ4n) is 2.17. The van der Waals surface area contributed by atoms with Crippen molar-refractivity contribution in [3.05, 3.63) is 57.3 Å². The van der Waals surface area contributed by atoms with Gasteiger partial charge >= 0.3 is 0 Å². The Hall–Kier alpha value is -1.26. The fraction of sp³-hybridized carbons (Fsp3) is 0.333. The van der Waals surface area contributed by atoms with Crippen molar-refractivity contribution in [3.63, 3.8) is 0 Å². The molecule has 1 heterocycles. The first-order valence-electron chi connectivity index (χ1n) is 6.33. The fourth-order valence-corrected chi connectivity index (χ4v) is 2.62. The van der Waals surface area contributed by atoms with Gasteiger partial charge in [-0.05, 0) is 50.6 Å². The molecule has 4 heteroatoms. The van der Waals surface area contributed by atoms with Crippen LogP contribution in [0, 0.1) is 13.8 Å². The highest BCUT2D eigenvalue weighted by Gasteiger charge is 2.15. The highest BCUT2D eigenvalue weighted by molar-refractivity contribution is 9.10. The van der Waals surface area contributed by atoms with Crippen LogP contribution in [0.1, 0.15) is 28.6 Å². The first-order chi connectivity index (χ1) is 9.11. The lowest BCUT2D eigenvalue weighted by molar-refractivity contribution is 0.581. The number of nitrogens with one attached hydrogen (secondary N) is 1. The quantitative estimate of drug-likeness (QED) is 0.939. The third-order valence-corrected chi connectivity index (χ3v) is 4.02. The van der Waals surface area contributed by atoms with Gasteiger partial charge < -0.3 is 5.32 Å². The van der Waals surface area contributed by atoms with Crippen LogP contribution in [0.25, 0.3) is 0 Å². The van der Waals surface area contributed by atoms with Gasteiger partial charge in [0.05, 0.1) is 11.4 Å². The van der Waals surface area contributed by atoms with Crippen molar-refractivity contribution in [2.45, 2.75) is 26.3 Å². The molecule has 19 heavy (non-hydrogen) atoms. The molecule has 1 aromatic heterocycles. The van der Waals surface area contributed by atoms with Crippen LogP contribution < -0.4 is 5.32 Å². The Morgan fingerprint density at radius 2 is 1.95 bits per heavy atom. The second-order valence-corrected chi connectivity index (χ2v) is 5.52. The number of aromatic nitrogens is 2. The largest absolute Gasteiger partial charge is 0.313 e. The van der Waals surface area contributed by atoms with Crippen molar-refractivity contribution in [1.82, 2.24) is 15.5 Å². The number of hydrogen-bond donors (Lipinski definition) is 1. The normalized spacial score (nSPS) is 12.4. The molecule has 1 aromatic carbocycles. The highest BCUT2D eigenvalue weighted by atomic mass is 79.9. The van der Waals surface area contributed by atoms with E-state index in [0.29, 0.717) is 0 Å². The molecule has 0 aliphatic heterocycles. The lowest BCUT2D eigenvalue weighted by atomic mass is 9.98. The summed E-state index contributed by atoms with van der Waals surface area (Å²) < 4.78 is 1.15. The molecule has 0 saturated carbocycles. The Kier molecular flexibility index (Phi) is 4.66. The zero-order valence-electron chi connectivity index (χ0n) is 11.4. The van der Waals surface area contributed by atoms with Gasteiger partial charge in [0, 0.05) is 10.5 Å². The molecule has 100 valence electrons. The summed E-state index contributed by atoms with van der Waals surface area (Å²) >= 11 is 3.60. The van der Waals surface area contributed by atoms with Gasteiger partial charge in [-0.15, -0.1) is 0 Å². The number of likely N-dealkylation sites (N-methyl/N-ethyl adjacent to an activating group) is 1. The molecule has 0 spiro atoms. The number of nitrogens with zero attached hydrogens (tertiary/aromatic N) is 2. The number of aryl methyl sites for hydroxylation is 2. The van der Waals surface area contributed by atoms with Crippen molar-refractivity contribution in [3.8, 4) is 0 Å². The Balaban J connectivity index is 2.30. The van der Waals surface area contributed by atoms with Gasteiger partial charge in [0.25, 0.3) is 0 Å². The van der Waals surface area contributed by atoms with Crippen LogP contribution in [0.5, 0.6) is 0 Å². The molecule has 0 amide bonds. The summed E-state index contributed by atoms with van der Waals surface area (Å²) in [5.74, 6) is 0. The van der Waals surface area contributed by atoms with E-state index < -0.39 is 0 Å². The Morgan fingerprint density at radius 3 is 2.63 bits per heavy atom. The number of benzene rings is 1. The van der Waals surface area contributed by atoms with E-state index in [1.807, 2.05) is 27.0 Å². The maximum atomic E-state index is 4.21. The topological polar surface area (TPSA) is 37.8 Å². The van der Waals surface area contributed by atoms with Crippen LogP contribution >= 0.6 is 15.9 Å². The summed E-state index contributed by atoms with van der Waals surface area (Å²) in [7, 11) is 1.98. The second kappa shape index (κ2) is 6.26. The predicted molar refractivity (Wildman–Crippen MR) is 81.2 cm³/mol. The van der Waals surface area contributed by atoms with Gasteiger partial charge in [0.15, 0.2) is 0 Å². The van der Waals surface area contributed by atoms with Gasteiger partial charge in [-0.25, -0.2) is 0 Å². The van der Waals surface area contributed by atoms with Crippen LogP contribution in [-0.4, -0.2) is 17.2 Å². The molecule has 0 bridgehead atoms. The monoisotopic (exact) mass is 319 g/mol. The summed E-state index contributed by atoms with van der Waals surface area (Å²) in [6.07, 6.45) is 0.921. The molecular weight excluding hydrogens is 302 g/mol. The third-order valence-electron chi connectivity index (χ3n) is 3.25. The molecule has 0 fully saturated rings. The maximum Gasteiger partial charge on any atom is 0.0648 e. The van der Waals surface area contributed by atoms with E-state index in [1.54, 1.807) is 0 Å². The molecule has 2 aromatic rings. The van der Waals surface area contributed by atoms with Crippen molar-refractivity contribution in [2.24, 2.45) is 0 Å². The zero-order valence-corrected chi connectivity index (χ0v) is 13.0. The van der Waals surface area contributed by atoms with Crippen LogP contribution in [-0.2, 0) is 6.42 Å². The summed E-state index contributed by atoms with van der Waals surface area (Å²) in [5.41, 5.74) is 4.44. The van der Waals surface area contributed by atoms with Crippen LogP contribution in [0.15, 0.2) is 34.8 Å². The van der Waals surface area contributed by atoms with Crippen molar-refractivity contribution >= 4 is 15.9 Å². The van der Waals surface area contributed by atoms with Crippen LogP contribution in [0.4, 0.5) is 0 Å². The smallest absolute Gasteiger partial charge is 0.0648 e. The molecular formula is C15H18BrN3. The average molecular weight is 320 g/mol. The van der Waals surface area contributed by atoms with E-state index >= 15 is 0 Å². The number of rotatable bonds is 4. The first-order valence-corrected chi connectivity index (χ1v) is 7.12. The van der Waals surface area contributed by atoms with E-state index in [0.717, 1.165) is 22.3 Å². The van der Waals surface area contributed by atoms with Gasteiger partial charge in [-0.1, -0.05) is 34.1 Å². The summed E-state index contributed by atoms with van der Waals surface area (Å²) in [6.45, 7) is 3.98. The molecule has 0 aliphatic carbocycles. The Morgan fingerprint density at radius 1 is 1.21 bits per heavy atom. The predicted octanol–water partition coefficient (Wildman–Crippen LogP) is 3.36. The van der Waals surface area contributed by atoms with Crippen LogP contribution in [0.3, 0.4) is 0 Å². The zero-order chi connectivity index (χ0) is 13.8. The molecule has 1 N–H and O–H groups in total. The molecule has 2 rings (SSSR count). The van der Waals surface area contributed by atoms with Crippen LogP contribution in [0.2, 0.25) is 0 Å². The minimum Gasteiger partial charge on any atom is -0.313 e. The van der Waals surface area contributed by atoms with Gasteiger partial charge in [-0.2, -0.15) is 10.2 Å². The Bertz CT molecular complexity index is 569. The van der Waals surface area contributed by atoms with E-state index in [4.69, 9.17) is 0 Å². The molecule has 0 radical (unpaired) electrons. The minimum absolute atomic E-state index is 0.243. The summed E-state index contributed by atoms with van der Waals surface area (Å²) in [6, 6.07) is 10.7. The van der Waals surface area contributed by atoms with Crippen molar-refractivity contribution in [1.29, 1.82) is 0 Å². The molecule has 1 atom stereocenters. The number of halogens is 1. The summed E-state index contributed by atoms with van der Waals surface area (Å²) in [5, 5.41) is 11.7. The van der Waals surface area contributed by atoms with Gasteiger partial charge in [0.1, 0.15) is 0 Å². The SMILES string of the molecule is CNC(Cc1ccccc1Br)c1cc(C)nnc1C. The highest BCUT2D eigenvalue weighted by Crippen LogP contribution is 2.24. The molecule has 3 nitrogen and oxygen atoms in total. The van der Waals surface area contributed by atoms with Crippen molar-refractivity contribution in [2.75, 3.05) is 7.05 Å². The minimum atomic E-state index is 0.243. The second-order valence-electron chi connectivity index (χ2n) is 4.66. The molecule has 0 aliphatic rings. The summed E-state index contributed by atoms with van der Waals surface area (Å²) in [4.78, 5) is 0. The molecule has 1 unspecified atom stereocenters. The van der Waals surface area contributed by atoms with Gasteiger partial charge in [-0.3, -0.25) is 0 Å². The standard InChI is InChI=1S/C15H18BrN3/c1-10-8-13(11(2)19-18-10)15(17-3)9-12-6-4-5-7-14(12)16/h4-8,15,17H,9H2,1-3H3. The van der Waals surface area contributed by atoms with E-state index in [9.17, 15) is 0 Å². The van der Waals surface area contributed by atoms with E-state index in [2.05, 4.69) is 55.7 Å². The lowest BCUT2D eigenvalue weighted by Gasteiger charge is -2.19. The van der Waals surface area contributed by atoms with E-state index in [-0.39, 0.29) is 6.04 Å². The molecule has 0 saturated heterocycles. The first kappa shape index (κ1) is 14.2. The maximum absolute atomic E-state index is 4.21. The lowest BCUT2D eigenvalue weighted by Crippen LogP contribution is -2.21.